The maximum Gasteiger partial charge on any atom is 0.129 e. The molecule has 1 nitrogen and oxygen atoms in total. The minimum atomic E-state index is 0.944. The monoisotopic (exact) mass is 212 g/mol. The molecule has 0 unspecified atom stereocenters. The van der Waals surface area contributed by atoms with Crippen LogP contribution in [0.4, 0.5) is 0 Å². The summed E-state index contributed by atoms with van der Waals surface area (Å²) in [7, 11) is 0. The third-order valence-corrected chi connectivity index (χ3v) is 2.58. The molecule has 0 aliphatic rings. The van der Waals surface area contributed by atoms with Crippen molar-refractivity contribution in [1.82, 2.24) is 0 Å². The summed E-state index contributed by atoms with van der Waals surface area (Å²) in [4.78, 5) is 0. The van der Waals surface area contributed by atoms with Crippen molar-refractivity contribution in [2.75, 3.05) is 0 Å². The highest BCUT2D eigenvalue weighted by atomic mass is 16.3. The summed E-state index contributed by atoms with van der Waals surface area (Å²) < 4.78 is 5.70. The van der Waals surface area contributed by atoms with Gasteiger partial charge in [0.1, 0.15) is 11.5 Å². The molecule has 0 amide bonds. The smallest absolute Gasteiger partial charge is 0.129 e. The van der Waals surface area contributed by atoms with Gasteiger partial charge in [0.2, 0.25) is 0 Å². The minimum Gasteiger partial charge on any atom is -0.461 e. The molecular formula is C15H16O. The fourth-order valence-electron chi connectivity index (χ4n) is 1.64. The predicted molar refractivity (Wildman–Crippen MR) is 68.2 cm³/mol. The largest absolute Gasteiger partial charge is 0.461 e. The Balaban J connectivity index is 2.20. The summed E-state index contributed by atoms with van der Waals surface area (Å²) in [5, 5.41) is 0. The highest BCUT2D eigenvalue weighted by Crippen LogP contribution is 2.17. The zero-order chi connectivity index (χ0) is 11.4. The summed E-state index contributed by atoms with van der Waals surface area (Å²) in [6.07, 6.45) is 5.05. The summed E-state index contributed by atoms with van der Waals surface area (Å²) in [5.41, 5.74) is 2.39. The van der Waals surface area contributed by atoms with E-state index in [0.717, 1.165) is 17.9 Å². The highest BCUT2D eigenvalue weighted by molar-refractivity contribution is 5.68. The maximum absolute atomic E-state index is 5.70. The van der Waals surface area contributed by atoms with Crippen LogP contribution in [-0.2, 0) is 6.42 Å². The quantitative estimate of drug-likeness (QED) is 0.738. The summed E-state index contributed by atoms with van der Waals surface area (Å²) in [6, 6.07) is 12.3. The third kappa shape index (κ3) is 2.43. The first-order valence-electron chi connectivity index (χ1n) is 5.62. The molecule has 0 aliphatic carbocycles. The first-order chi connectivity index (χ1) is 7.79. The van der Waals surface area contributed by atoms with E-state index in [-0.39, 0.29) is 0 Å². The van der Waals surface area contributed by atoms with Gasteiger partial charge < -0.3 is 4.42 Å². The van der Waals surface area contributed by atoms with Crippen molar-refractivity contribution in [3.05, 3.63) is 59.0 Å². The second-order valence-electron chi connectivity index (χ2n) is 3.86. The first-order valence-corrected chi connectivity index (χ1v) is 5.62. The van der Waals surface area contributed by atoms with Gasteiger partial charge in [-0.25, -0.2) is 0 Å². The third-order valence-electron chi connectivity index (χ3n) is 2.58. The van der Waals surface area contributed by atoms with Gasteiger partial charge in [-0.1, -0.05) is 43.3 Å². The Bertz CT molecular complexity index is 477. The molecule has 0 fully saturated rings. The molecule has 1 heteroatoms. The van der Waals surface area contributed by atoms with Gasteiger partial charge in [-0.2, -0.15) is 0 Å². The molecule has 0 aliphatic heterocycles. The number of aryl methyl sites for hydroxylation is 2. The summed E-state index contributed by atoms with van der Waals surface area (Å²) in [5.74, 6) is 2.01. The van der Waals surface area contributed by atoms with E-state index in [1.54, 1.807) is 0 Å². The molecule has 82 valence electrons. The van der Waals surface area contributed by atoms with Crippen LogP contribution in [0.5, 0.6) is 0 Å². The van der Waals surface area contributed by atoms with Gasteiger partial charge in [-0.05, 0) is 30.2 Å². The number of hydrogen-bond donors (Lipinski definition) is 0. The van der Waals surface area contributed by atoms with Crippen molar-refractivity contribution in [3.63, 3.8) is 0 Å². The van der Waals surface area contributed by atoms with E-state index in [1.165, 1.54) is 11.1 Å². The van der Waals surface area contributed by atoms with E-state index < -0.39 is 0 Å². The topological polar surface area (TPSA) is 13.1 Å². The van der Waals surface area contributed by atoms with Crippen LogP contribution in [0, 0.1) is 6.92 Å². The highest BCUT2D eigenvalue weighted by Gasteiger charge is 2.02. The number of hydrogen-bond acceptors (Lipinski definition) is 1. The Morgan fingerprint density at radius 3 is 2.50 bits per heavy atom. The molecule has 0 saturated heterocycles. The van der Waals surface area contributed by atoms with Gasteiger partial charge in [0.15, 0.2) is 0 Å². The van der Waals surface area contributed by atoms with E-state index in [4.69, 9.17) is 4.42 Å². The molecule has 2 rings (SSSR count). The number of rotatable bonds is 3. The molecule has 16 heavy (non-hydrogen) atoms. The zero-order valence-corrected chi connectivity index (χ0v) is 9.73. The van der Waals surface area contributed by atoms with E-state index in [0.29, 0.717) is 0 Å². The van der Waals surface area contributed by atoms with Crippen LogP contribution in [-0.4, -0.2) is 0 Å². The van der Waals surface area contributed by atoms with Crippen molar-refractivity contribution in [1.29, 1.82) is 0 Å². The standard InChI is InChI=1S/C15H16O/c1-3-14-11-12(2)15(16-14)10-9-13-7-5-4-6-8-13/h4-11H,3H2,1-2H3/b10-9+. The molecule has 1 aromatic heterocycles. The fourth-order valence-corrected chi connectivity index (χ4v) is 1.64. The Hall–Kier alpha value is -1.76. The van der Waals surface area contributed by atoms with Crippen molar-refractivity contribution < 1.29 is 4.42 Å². The lowest BCUT2D eigenvalue weighted by molar-refractivity contribution is 0.506. The first kappa shape index (κ1) is 10.7. The van der Waals surface area contributed by atoms with Crippen LogP contribution in [0.15, 0.2) is 40.8 Å². The molecule has 0 atom stereocenters. The fraction of sp³-hybridized carbons (Fsp3) is 0.200. The molecule has 1 aromatic carbocycles. The van der Waals surface area contributed by atoms with E-state index >= 15 is 0 Å². The summed E-state index contributed by atoms with van der Waals surface area (Å²) in [6.45, 7) is 4.18. The lowest BCUT2D eigenvalue weighted by Crippen LogP contribution is -1.71. The maximum atomic E-state index is 5.70. The second-order valence-corrected chi connectivity index (χ2v) is 3.86. The Kier molecular flexibility index (Phi) is 3.25. The van der Waals surface area contributed by atoms with Gasteiger partial charge in [0.05, 0.1) is 0 Å². The van der Waals surface area contributed by atoms with Crippen LogP contribution in [0.1, 0.15) is 29.6 Å². The van der Waals surface area contributed by atoms with Gasteiger partial charge in [-0.15, -0.1) is 0 Å². The van der Waals surface area contributed by atoms with Crippen molar-refractivity contribution >= 4 is 12.2 Å². The summed E-state index contributed by atoms with van der Waals surface area (Å²) >= 11 is 0. The van der Waals surface area contributed by atoms with Crippen LogP contribution in [0.3, 0.4) is 0 Å². The van der Waals surface area contributed by atoms with Gasteiger partial charge >= 0.3 is 0 Å². The molecule has 0 spiro atoms. The molecule has 1 heterocycles. The molecule has 0 saturated carbocycles. The van der Waals surface area contributed by atoms with E-state index in [2.05, 4.69) is 38.1 Å². The molecule has 2 aromatic rings. The number of furan rings is 1. The molecule has 0 N–H and O–H groups in total. The van der Waals surface area contributed by atoms with E-state index in [9.17, 15) is 0 Å². The Morgan fingerprint density at radius 2 is 1.88 bits per heavy atom. The van der Waals surface area contributed by atoms with Gasteiger partial charge in [0, 0.05) is 6.42 Å². The van der Waals surface area contributed by atoms with Crippen molar-refractivity contribution in [3.8, 4) is 0 Å². The van der Waals surface area contributed by atoms with Gasteiger partial charge in [0.25, 0.3) is 0 Å². The lowest BCUT2D eigenvalue weighted by Gasteiger charge is -1.92. The zero-order valence-electron chi connectivity index (χ0n) is 9.73. The van der Waals surface area contributed by atoms with Crippen molar-refractivity contribution in [2.24, 2.45) is 0 Å². The van der Waals surface area contributed by atoms with Crippen LogP contribution >= 0.6 is 0 Å². The molecule has 0 radical (unpaired) electrons. The minimum absolute atomic E-state index is 0.944. The Morgan fingerprint density at radius 1 is 1.12 bits per heavy atom. The normalized spacial score (nSPS) is 11.1. The number of benzene rings is 1. The SMILES string of the molecule is CCc1cc(C)c(/C=C/c2ccccc2)o1. The average Bonchev–Trinajstić information content (AvgIpc) is 2.69. The molecular weight excluding hydrogens is 196 g/mol. The van der Waals surface area contributed by atoms with E-state index in [1.807, 2.05) is 24.3 Å². The van der Waals surface area contributed by atoms with Crippen LogP contribution < -0.4 is 0 Å². The second kappa shape index (κ2) is 4.84. The van der Waals surface area contributed by atoms with Gasteiger partial charge in [-0.3, -0.25) is 0 Å². The lowest BCUT2D eigenvalue weighted by atomic mass is 10.2. The molecule has 0 bridgehead atoms. The van der Waals surface area contributed by atoms with Crippen LogP contribution in [0.25, 0.3) is 12.2 Å². The van der Waals surface area contributed by atoms with Crippen LogP contribution in [0.2, 0.25) is 0 Å². The predicted octanol–water partition coefficient (Wildman–Crippen LogP) is 4.32. The Labute approximate surface area is 96.4 Å². The average molecular weight is 212 g/mol. The van der Waals surface area contributed by atoms with Crippen molar-refractivity contribution in [2.45, 2.75) is 20.3 Å².